The fourth-order valence-electron chi connectivity index (χ4n) is 3.63. The van der Waals surface area contributed by atoms with Crippen LogP contribution in [0, 0.1) is 13.8 Å². The Balaban J connectivity index is 1.58. The number of rotatable bonds is 3. The first kappa shape index (κ1) is 17.2. The van der Waals surface area contributed by atoms with Crippen LogP contribution in [-0.2, 0) is 4.79 Å². The molecule has 1 aromatic heterocycles. The van der Waals surface area contributed by atoms with Gasteiger partial charge in [-0.25, -0.2) is 0 Å². The van der Waals surface area contributed by atoms with Crippen LogP contribution >= 0.6 is 0 Å². The zero-order chi connectivity index (χ0) is 19.0. The minimum atomic E-state index is -0.210. The van der Waals surface area contributed by atoms with E-state index < -0.39 is 0 Å². The molecule has 2 amide bonds. The molecule has 2 aromatic carbocycles. The maximum Gasteiger partial charge on any atom is 0.252 e. The van der Waals surface area contributed by atoms with E-state index in [1.54, 1.807) is 4.90 Å². The van der Waals surface area contributed by atoms with Crippen molar-refractivity contribution in [2.75, 3.05) is 11.4 Å². The molecule has 1 aliphatic heterocycles. The van der Waals surface area contributed by atoms with Crippen molar-refractivity contribution >= 4 is 28.4 Å². The normalized spacial score (nSPS) is 16.7. The number of fused-ring (bicyclic) bond motifs is 1. The highest BCUT2D eigenvalue weighted by Gasteiger charge is 2.32. The summed E-state index contributed by atoms with van der Waals surface area (Å²) in [6, 6.07) is 17.0. The summed E-state index contributed by atoms with van der Waals surface area (Å²) < 4.78 is 0. The summed E-state index contributed by atoms with van der Waals surface area (Å²) in [7, 11) is 0. The van der Waals surface area contributed by atoms with Crippen LogP contribution in [0.25, 0.3) is 10.9 Å². The minimum Gasteiger partial charge on any atom is -0.347 e. The van der Waals surface area contributed by atoms with Crippen LogP contribution in [0.4, 0.5) is 5.69 Å². The van der Waals surface area contributed by atoms with Crippen LogP contribution < -0.4 is 10.2 Å². The Kier molecular flexibility index (Phi) is 4.36. The largest absolute Gasteiger partial charge is 0.347 e. The summed E-state index contributed by atoms with van der Waals surface area (Å²) in [6.07, 6.45) is 0.307. The molecule has 0 spiro atoms. The maximum absolute atomic E-state index is 13.0. The fourth-order valence-corrected chi connectivity index (χ4v) is 3.63. The second kappa shape index (κ2) is 6.83. The molecular formula is C22H21N3O2. The van der Waals surface area contributed by atoms with Crippen molar-refractivity contribution in [1.82, 2.24) is 10.3 Å². The molecule has 27 heavy (non-hydrogen) atoms. The first-order valence-corrected chi connectivity index (χ1v) is 9.06. The Labute approximate surface area is 158 Å². The number of para-hydroxylation sites is 2. The van der Waals surface area contributed by atoms with Crippen molar-refractivity contribution in [2.24, 2.45) is 0 Å². The van der Waals surface area contributed by atoms with Crippen molar-refractivity contribution in [3.05, 3.63) is 71.4 Å². The smallest absolute Gasteiger partial charge is 0.252 e. The second-order valence-corrected chi connectivity index (χ2v) is 7.00. The van der Waals surface area contributed by atoms with Crippen LogP contribution in [-0.4, -0.2) is 29.4 Å². The summed E-state index contributed by atoms with van der Waals surface area (Å²) in [5, 5.41) is 3.87. The highest BCUT2D eigenvalue weighted by molar-refractivity contribution is 6.07. The first-order valence-electron chi connectivity index (χ1n) is 9.06. The molecule has 1 atom stereocenters. The van der Waals surface area contributed by atoms with E-state index in [0.29, 0.717) is 18.5 Å². The summed E-state index contributed by atoms with van der Waals surface area (Å²) >= 11 is 0. The standard InChI is InChI=1S/C22H21N3O2/c1-14-7-6-10-18-19(11-15(2)23-21(14)18)22(27)24-16-12-20(26)25(13-16)17-8-4-3-5-9-17/h3-11,16H,12-13H2,1-2H3,(H,24,27)/t16-/m0/s1. The van der Waals surface area contributed by atoms with Gasteiger partial charge in [0, 0.05) is 29.7 Å². The highest BCUT2D eigenvalue weighted by Crippen LogP contribution is 2.24. The van der Waals surface area contributed by atoms with E-state index in [-0.39, 0.29) is 17.9 Å². The second-order valence-electron chi connectivity index (χ2n) is 7.00. The van der Waals surface area contributed by atoms with E-state index in [1.165, 1.54) is 0 Å². The van der Waals surface area contributed by atoms with Gasteiger partial charge in [-0.15, -0.1) is 0 Å². The number of carbonyl (C=O) groups is 2. The van der Waals surface area contributed by atoms with Gasteiger partial charge < -0.3 is 10.2 Å². The number of benzene rings is 2. The Hall–Kier alpha value is -3.21. The molecule has 1 fully saturated rings. The highest BCUT2D eigenvalue weighted by atomic mass is 16.2. The molecule has 5 heteroatoms. The number of nitrogens with zero attached hydrogens (tertiary/aromatic N) is 2. The van der Waals surface area contributed by atoms with E-state index in [0.717, 1.165) is 27.8 Å². The average Bonchev–Trinajstić information content (AvgIpc) is 3.02. The third-order valence-corrected chi connectivity index (χ3v) is 4.94. The van der Waals surface area contributed by atoms with Crippen molar-refractivity contribution in [3.63, 3.8) is 0 Å². The van der Waals surface area contributed by atoms with Crippen molar-refractivity contribution in [3.8, 4) is 0 Å². The predicted octanol–water partition coefficient (Wildman–Crippen LogP) is 3.39. The van der Waals surface area contributed by atoms with E-state index in [4.69, 9.17) is 0 Å². The molecule has 0 radical (unpaired) electrons. The van der Waals surface area contributed by atoms with Crippen molar-refractivity contribution in [1.29, 1.82) is 0 Å². The molecule has 5 nitrogen and oxygen atoms in total. The van der Waals surface area contributed by atoms with E-state index in [9.17, 15) is 9.59 Å². The summed E-state index contributed by atoms with van der Waals surface area (Å²) in [5.74, 6) is -0.137. The van der Waals surface area contributed by atoms with Crippen LogP contribution in [0.2, 0.25) is 0 Å². The lowest BCUT2D eigenvalue weighted by atomic mass is 10.0. The molecule has 136 valence electrons. The van der Waals surface area contributed by atoms with Gasteiger partial charge in [-0.05, 0) is 37.6 Å². The number of pyridine rings is 1. The molecule has 1 aliphatic rings. The van der Waals surface area contributed by atoms with Crippen LogP contribution in [0.1, 0.15) is 28.0 Å². The molecule has 2 heterocycles. The van der Waals surface area contributed by atoms with Gasteiger partial charge in [-0.3, -0.25) is 14.6 Å². The van der Waals surface area contributed by atoms with Crippen LogP contribution in [0.5, 0.6) is 0 Å². The molecule has 0 saturated carbocycles. The number of hydrogen-bond donors (Lipinski definition) is 1. The number of nitrogens with one attached hydrogen (secondary N) is 1. The van der Waals surface area contributed by atoms with Gasteiger partial charge in [-0.2, -0.15) is 0 Å². The third-order valence-electron chi connectivity index (χ3n) is 4.94. The topological polar surface area (TPSA) is 62.3 Å². The van der Waals surface area contributed by atoms with E-state index in [2.05, 4.69) is 10.3 Å². The quantitative estimate of drug-likeness (QED) is 0.780. The Morgan fingerprint density at radius 2 is 1.89 bits per heavy atom. The number of hydrogen-bond acceptors (Lipinski definition) is 3. The van der Waals surface area contributed by atoms with Gasteiger partial charge in [0.1, 0.15) is 0 Å². The van der Waals surface area contributed by atoms with Gasteiger partial charge in [0.15, 0.2) is 0 Å². The van der Waals surface area contributed by atoms with Crippen molar-refractivity contribution < 1.29 is 9.59 Å². The van der Waals surface area contributed by atoms with Gasteiger partial charge in [0.2, 0.25) is 5.91 Å². The molecular weight excluding hydrogens is 338 g/mol. The zero-order valence-corrected chi connectivity index (χ0v) is 15.4. The monoisotopic (exact) mass is 359 g/mol. The van der Waals surface area contributed by atoms with Gasteiger partial charge in [0.05, 0.1) is 17.1 Å². The Morgan fingerprint density at radius 1 is 1.11 bits per heavy atom. The lowest BCUT2D eigenvalue weighted by Gasteiger charge is -2.17. The van der Waals surface area contributed by atoms with Crippen LogP contribution in [0.15, 0.2) is 54.6 Å². The molecule has 0 bridgehead atoms. The Bertz CT molecular complexity index is 1030. The first-order chi connectivity index (χ1) is 13.0. The SMILES string of the molecule is Cc1cc(C(=O)N[C@H]2CC(=O)N(c3ccccc3)C2)c2cccc(C)c2n1. The van der Waals surface area contributed by atoms with E-state index >= 15 is 0 Å². The van der Waals surface area contributed by atoms with Crippen molar-refractivity contribution in [2.45, 2.75) is 26.3 Å². The number of aromatic nitrogens is 1. The predicted molar refractivity (Wildman–Crippen MR) is 106 cm³/mol. The number of carbonyl (C=O) groups excluding carboxylic acids is 2. The number of amides is 2. The molecule has 3 aromatic rings. The molecule has 0 aliphatic carbocycles. The molecule has 4 rings (SSSR count). The lowest BCUT2D eigenvalue weighted by molar-refractivity contribution is -0.117. The summed E-state index contributed by atoms with van der Waals surface area (Å²) in [5.41, 5.74) is 4.15. The summed E-state index contributed by atoms with van der Waals surface area (Å²) in [4.78, 5) is 31.6. The van der Waals surface area contributed by atoms with Gasteiger partial charge >= 0.3 is 0 Å². The van der Waals surface area contributed by atoms with Crippen LogP contribution in [0.3, 0.4) is 0 Å². The average molecular weight is 359 g/mol. The van der Waals surface area contributed by atoms with Gasteiger partial charge in [0.25, 0.3) is 5.91 Å². The number of aryl methyl sites for hydroxylation is 2. The fraction of sp³-hybridized carbons (Fsp3) is 0.227. The third kappa shape index (κ3) is 3.28. The van der Waals surface area contributed by atoms with E-state index in [1.807, 2.05) is 68.4 Å². The molecule has 1 saturated heterocycles. The summed E-state index contributed by atoms with van der Waals surface area (Å²) in [6.45, 7) is 4.36. The zero-order valence-electron chi connectivity index (χ0n) is 15.4. The Morgan fingerprint density at radius 3 is 2.67 bits per heavy atom. The lowest BCUT2D eigenvalue weighted by Crippen LogP contribution is -2.37. The maximum atomic E-state index is 13.0. The minimum absolute atomic E-state index is 0.0260. The van der Waals surface area contributed by atoms with Gasteiger partial charge in [-0.1, -0.05) is 36.4 Å². The number of anilines is 1. The molecule has 0 unspecified atom stereocenters. The molecule has 1 N–H and O–H groups in total.